The van der Waals surface area contributed by atoms with Crippen molar-refractivity contribution in [3.8, 4) is 0 Å². The van der Waals surface area contributed by atoms with Gasteiger partial charge in [0.15, 0.2) is 0 Å². The van der Waals surface area contributed by atoms with E-state index in [2.05, 4.69) is 39.1 Å². The number of aromatic amines is 1. The van der Waals surface area contributed by atoms with E-state index in [0.717, 1.165) is 36.2 Å². The van der Waals surface area contributed by atoms with Crippen LogP contribution in [0.25, 0.3) is 0 Å². The van der Waals surface area contributed by atoms with Gasteiger partial charge in [-0.05, 0) is 26.8 Å². The molecule has 0 bridgehead atoms. The van der Waals surface area contributed by atoms with Crippen LogP contribution in [-0.2, 0) is 6.54 Å². The zero-order chi connectivity index (χ0) is 12.5. The Morgan fingerprint density at radius 2 is 2.39 bits per heavy atom. The summed E-state index contributed by atoms with van der Waals surface area (Å²) >= 11 is 1.73. The van der Waals surface area contributed by atoms with Crippen molar-refractivity contribution in [3.63, 3.8) is 0 Å². The zero-order valence-corrected chi connectivity index (χ0v) is 11.6. The smallest absolute Gasteiger partial charge is 0.110 e. The van der Waals surface area contributed by atoms with Gasteiger partial charge >= 0.3 is 0 Å². The van der Waals surface area contributed by atoms with E-state index in [1.807, 2.05) is 6.20 Å². The summed E-state index contributed by atoms with van der Waals surface area (Å²) in [5.74, 6) is 1.70. The molecule has 2 aromatic rings. The van der Waals surface area contributed by atoms with Crippen LogP contribution in [0.2, 0.25) is 0 Å². The Hall–Kier alpha value is -1.20. The lowest BCUT2D eigenvalue weighted by molar-refractivity contribution is 0.322. The number of nitrogens with one attached hydrogen (secondary N) is 1. The lowest BCUT2D eigenvalue weighted by Gasteiger charge is -2.13. The molecule has 1 aliphatic heterocycles. The number of H-pyrrole nitrogens is 1. The van der Waals surface area contributed by atoms with Crippen molar-refractivity contribution >= 4 is 11.3 Å². The van der Waals surface area contributed by atoms with Crippen LogP contribution in [0, 0.1) is 13.8 Å². The Balaban J connectivity index is 1.61. The molecule has 1 saturated heterocycles. The molecular weight excluding hydrogens is 244 g/mol. The molecule has 0 spiro atoms. The van der Waals surface area contributed by atoms with Crippen LogP contribution in [0.3, 0.4) is 0 Å². The van der Waals surface area contributed by atoms with Gasteiger partial charge in [0.2, 0.25) is 0 Å². The summed E-state index contributed by atoms with van der Waals surface area (Å²) < 4.78 is 0. The number of hydrogen-bond acceptors (Lipinski definition) is 4. The SMILES string of the molecule is Cc1cnc([C@@H]2CCN(Cc3csc(C)n3)C2)[nH]1. The van der Waals surface area contributed by atoms with E-state index < -0.39 is 0 Å². The summed E-state index contributed by atoms with van der Waals surface area (Å²) in [7, 11) is 0. The Morgan fingerprint density at radius 3 is 3.06 bits per heavy atom. The van der Waals surface area contributed by atoms with Crippen LogP contribution in [0.4, 0.5) is 0 Å². The first kappa shape index (κ1) is 11.9. The first-order valence-corrected chi connectivity index (χ1v) is 7.23. The summed E-state index contributed by atoms with van der Waals surface area (Å²) in [4.78, 5) is 14.8. The number of hydrogen-bond donors (Lipinski definition) is 1. The van der Waals surface area contributed by atoms with Gasteiger partial charge in [0.1, 0.15) is 5.82 Å². The topological polar surface area (TPSA) is 44.8 Å². The van der Waals surface area contributed by atoms with Crippen LogP contribution >= 0.6 is 11.3 Å². The average Bonchev–Trinajstić information content (AvgIpc) is 3.01. The van der Waals surface area contributed by atoms with Crippen LogP contribution in [-0.4, -0.2) is 32.9 Å². The quantitative estimate of drug-likeness (QED) is 0.924. The third kappa shape index (κ3) is 2.47. The minimum absolute atomic E-state index is 0.554. The Kier molecular flexibility index (Phi) is 3.18. The highest BCUT2D eigenvalue weighted by molar-refractivity contribution is 7.09. The van der Waals surface area contributed by atoms with Crippen LogP contribution in [0.5, 0.6) is 0 Å². The van der Waals surface area contributed by atoms with Crippen molar-refractivity contribution in [2.75, 3.05) is 13.1 Å². The Bertz CT molecular complexity index is 531. The molecule has 5 heteroatoms. The number of imidazole rings is 1. The van der Waals surface area contributed by atoms with Crippen LogP contribution < -0.4 is 0 Å². The van der Waals surface area contributed by atoms with Crippen molar-refractivity contribution < 1.29 is 0 Å². The van der Waals surface area contributed by atoms with E-state index in [1.54, 1.807) is 11.3 Å². The van der Waals surface area contributed by atoms with Crippen LogP contribution in [0.15, 0.2) is 11.6 Å². The number of thiazole rings is 1. The fourth-order valence-corrected chi connectivity index (χ4v) is 3.15. The number of likely N-dealkylation sites (tertiary alicyclic amines) is 1. The van der Waals surface area contributed by atoms with Crippen molar-refractivity contribution in [2.24, 2.45) is 0 Å². The third-order valence-electron chi connectivity index (χ3n) is 3.43. The van der Waals surface area contributed by atoms with Gasteiger partial charge in [-0.25, -0.2) is 9.97 Å². The summed E-state index contributed by atoms with van der Waals surface area (Å²) in [6.45, 7) is 7.32. The number of rotatable bonds is 3. The van der Waals surface area contributed by atoms with E-state index in [4.69, 9.17) is 0 Å². The largest absolute Gasteiger partial charge is 0.346 e. The van der Waals surface area contributed by atoms with Gasteiger partial charge < -0.3 is 4.98 Å². The highest BCUT2D eigenvalue weighted by Crippen LogP contribution is 2.26. The second-order valence-corrected chi connectivity index (χ2v) is 6.09. The first-order chi connectivity index (χ1) is 8.70. The summed E-state index contributed by atoms with van der Waals surface area (Å²) in [6, 6.07) is 0. The van der Waals surface area contributed by atoms with Gasteiger partial charge in [0.25, 0.3) is 0 Å². The second kappa shape index (κ2) is 4.82. The van der Waals surface area contributed by atoms with E-state index in [-0.39, 0.29) is 0 Å². The zero-order valence-electron chi connectivity index (χ0n) is 10.8. The van der Waals surface area contributed by atoms with Crippen molar-refractivity contribution in [1.82, 2.24) is 19.9 Å². The van der Waals surface area contributed by atoms with Gasteiger partial charge in [-0.1, -0.05) is 0 Å². The maximum atomic E-state index is 4.53. The molecule has 0 saturated carbocycles. The predicted octanol–water partition coefficient (Wildman–Crippen LogP) is 2.47. The van der Waals surface area contributed by atoms with Gasteiger partial charge in [0.05, 0.1) is 10.7 Å². The number of aryl methyl sites for hydroxylation is 2. The van der Waals surface area contributed by atoms with Gasteiger partial charge in [-0.3, -0.25) is 4.90 Å². The van der Waals surface area contributed by atoms with Gasteiger partial charge in [-0.15, -0.1) is 11.3 Å². The molecule has 0 aliphatic carbocycles. The molecule has 3 rings (SSSR count). The molecule has 1 fully saturated rings. The molecule has 96 valence electrons. The van der Waals surface area contributed by atoms with Gasteiger partial charge in [-0.2, -0.15) is 0 Å². The standard InChI is InChI=1S/C13H18N4S/c1-9-5-14-13(15-9)11-3-4-17(6-11)7-12-8-18-10(2)16-12/h5,8,11H,3-4,6-7H2,1-2H3,(H,14,15)/t11-/m1/s1. The van der Waals surface area contributed by atoms with E-state index in [9.17, 15) is 0 Å². The number of nitrogens with zero attached hydrogens (tertiary/aromatic N) is 3. The Morgan fingerprint density at radius 1 is 1.50 bits per heavy atom. The van der Waals surface area contributed by atoms with E-state index >= 15 is 0 Å². The molecule has 18 heavy (non-hydrogen) atoms. The number of aromatic nitrogens is 3. The molecule has 0 unspecified atom stereocenters. The molecule has 3 heterocycles. The molecule has 0 aromatic carbocycles. The van der Waals surface area contributed by atoms with Crippen molar-refractivity contribution in [1.29, 1.82) is 0 Å². The summed E-state index contributed by atoms with van der Waals surface area (Å²) in [5.41, 5.74) is 2.35. The maximum absolute atomic E-state index is 4.53. The minimum atomic E-state index is 0.554. The average molecular weight is 262 g/mol. The molecular formula is C13H18N4S. The van der Waals surface area contributed by atoms with Gasteiger partial charge in [0, 0.05) is 36.3 Å². The fraction of sp³-hybridized carbons (Fsp3) is 0.538. The normalized spacial score (nSPS) is 20.7. The fourth-order valence-electron chi connectivity index (χ4n) is 2.55. The summed E-state index contributed by atoms with van der Waals surface area (Å²) in [6.07, 6.45) is 3.11. The first-order valence-electron chi connectivity index (χ1n) is 6.35. The highest BCUT2D eigenvalue weighted by atomic mass is 32.1. The highest BCUT2D eigenvalue weighted by Gasteiger charge is 2.26. The lowest BCUT2D eigenvalue weighted by atomic mass is 10.1. The van der Waals surface area contributed by atoms with E-state index in [0.29, 0.717) is 5.92 Å². The molecule has 4 nitrogen and oxygen atoms in total. The minimum Gasteiger partial charge on any atom is -0.346 e. The monoisotopic (exact) mass is 262 g/mol. The molecule has 1 atom stereocenters. The van der Waals surface area contributed by atoms with E-state index in [1.165, 1.54) is 12.1 Å². The molecule has 1 N–H and O–H groups in total. The molecule has 0 amide bonds. The second-order valence-electron chi connectivity index (χ2n) is 5.03. The predicted molar refractivity (Wildman–Crippen MR) is 72.8 cm³/mol. The van der Waals surface area contributed by atoms with Crippen LogP contribution in [0.1, 0.15) is 34.6 Å². The maximum Gasteiger partial charge on any atom is 0.110 e. The van der Waals surface area contributed by atoms with Crippen molar-refractivity contribution in [2.45, 2.75) is 32.7 Å². The van der Waals surface area contributed by atoms with Crippen molar-refractivity contribution in [3.05, 3.63) is 33.8 Å². The lowest BCUT2D eigenvalue weighted by Crippen LogP contribution is -2.20. The Labute approximate surface area is 111 Å². The molecule has 0 radical (unpaired) electrons. The third-order valence-corrected chi connectivity index (χ3v) is 4.26. The molecule has 2 aromatic heterocycles. The molecule has 1 aliphatic rings. The summed E-state index contributed by atoms with van der Waals surface area (Å²) in [5, 5.41) is 3.32.